The summed E-state index contributed by atoms with van der Waals surface area (Å²) in [5, 5.41) is 22.4. The molecule has 0 bridgehead atoms. The molecule has 2 unspecified atom stereocenters. The van der Waals surface area contributed by atoms with Crippen molar-refractivity contribution >= 4 is 30.1 Å². The molecule has 0 aliphatic rings. The van der Waals surface area contributed by atoms with E-state index in [1.165, 1.54) is 11.6 Å². The van der Waals surface area contributed by atoms with Gasteiger partial charge in [-0.15, -0.1) is 5.10 Å². The lowest BCUT2D eigenvalue weighted by molar-refractivity contribution is -0.146. The molecule has 0 amide bonds. The summed E-state index contributed by atoms with van der Waals surface area (Å²) in [4.78, 5) is 12.7. The first-order chi connectivity index (χ1) is 15.4. The third-order valence-electron chi connectivity index (χ3n) is 4.79. The van der Waals surface area contributed by atoms with Crippen molar-refractivity contribution in [1.29, 1.82) is 5.26 Å². The number of aromatic nitrogens is 4. The number of rotatable bonds is 10. The number of ether oxygens (including phenoxy) is 2. The highest BCUT2D eigenvalue weighted by molar-refractivity contribution is 7.54. The maximum Gasteiger partial charge on any atom is 0.340 e. The molecule has 0 radical (unpaired) electrons. The number of esters is 1. The Balaban J connectivity index is 2.40. The third-order valence-corrected chi connectivity index (χ3v) is 7.29. The van der Waals surface area contributed by atoms with Crippen LogP contribution in [0.1, 0.15) is 32.0 Å². The minimum Gasteiger partial charge on any atom is -0.496 e. The number of nitriles is 1. The van der Waals surface area contributed by atoms with E-state index in [9.17, 15) is 14.6 Å². The van der Waals surface area contributed by atoms with Gasteiger partial charge in [-0.1, -0.05) is 6.07 Å². The van der Waals surface area contributed by atoms with Gasteiger partial charge in [-0.2, -0.15) is 9.78 Å². The zero-order chi connectivity index (χ0) is 23.3. The summed E-state index contributed by atoms with van der Waals surface area (Å²) < 4.78 is 37.1. The van der Waals surface area contributed by atoms with Gasteiger partial charge in [-0.25, -0.2) is 0 Å². The van der Waals surface area contributed by atoms with Crippen LogP contribution in [-0.4, -0.2) is 52.9 Å². The Bertz CT molecular complexity index is 1200. The average molecular weight is 461 g/mol. The maximum absolute atomic E-state index is 14.0. The van der Waals surface area contributed by atoms with E-state index >= 15 is 0 Å². The molecular formula is C20H24N5O6P. The zero-order valence-electron chi connectivity index (χ0n) is 18.2. The maximum atomic E-state index is 14.0. The second-order valence-electron chi connectivity index (χ2n) is 6.59. The number of fused-ring (bicyclic) bond motifs is 3. The van der Waals surface area contributed by atoms with E-state index in [1.54, 1.807) is 45.0 Å². The fraction of sp³-hybridized carbons (Fsp3) is 0.450. The predicted molar refractivity (Wildman–Crippen MR) is 114 cm³/mol. The number of pyridine rings is 1. The summed E-state index contributed by atoms with van der Waals surface area (Å²) in [7, 11) is -2.54. The van der Waals surface area contributed by atoms with Gasteiger partial charge in [-0.05, 0) is 49.4 Å². The lowest BCUT2D eigenvalue weighted by Gasteiger charge is -2.29. The van der Waals surface area contributed by atoms with Crippen molar-refractivity contribution in [1.82, 2.24) is 20.0 Å². The summed E-state index contributed by atoms with van der Waals surface area (Å²) in [6.07, 6.45) is 0. The molecule has 3 aromatic rings. The molecule has 12 heteroatoms. The fourth-order valence-corrected chi connectivity index (χ4v) is 5.78. The van der Waals surface area contributed by atoms with Gasteiger partial charge < -0.3 is 18.5 Å². The second-order valence-corrected chi connectivity index (χ2v) is 8.74. The topological polar surface area (TPSA) is 138 Å². The van der Waals surface area contributed by atoms with E-state index in [0.29, 0.717) is 16.7 Å². The summed E-state index contributed by atoms with van der Waals surface area (Å²) >= 11 is 0. The number of hydrogen-bond acceptors (Lipinski definition) is 10. The van der Waals surface area contributed by atoms with Crippen LogP contribution in [0.2, 0.25) is 0 Å². The number of hydrogen-bond donors (Lipinski definition) is 0. The lowest BCUT2D eigenvalue weighted by Crippen LogP contribution is -2.25. The number of carbonyl (C=O) groups is 1. The molecular weight excluding hydrogens is 437 g/mol. The minimum absolute atomic E-state index is 0.0346. The predicted octanol–water partition coefficient (Wildman–Crippen LogP) is 3.30. The standard InChI is InChI=1S/C20H24N5O6P/c1-5-29-20(26)15(12-21)18(32(27,30-6-2)31-7-3)14-11-13-16(9-8-10-17(13)28-4)25-19(14)22-23-24-25/h8-11,15,18H,5-7H2,1-4H3. The zero-order valence-corrected chi connectivity index (χ0v) is 19.1. The minimum atomic E-state index is -4.06. The van der Waals surface area contributed by atoms with Crippen molar-refractivity contribution in [2.45, 2.75) is 26.4 Å². The quantitative estimate of drug-likeness (QED) is 0.326. The van der Waals surface area contributed by atoms with Gasteiger partial charge in [0.25, 0.3) is 0 Å². The van der Waals surface area contributed by atoms with E-state index < -0.39 is 25.1 Å². The van der Waals surface area contributed by atoms with Gasteiger partial charge in [0, 0.05) is 10.9 Å². The normalized spacial score (nSPS) is 13.6. The van der Waals surface area contributed by atoms with Gasteiger partial charge >= 0.3 is 13.6 Å². The van der Waals surface area contributed by atoms with Crippen LogP contribution in [0.25, 0.3) is 16.6 Å². The lowest BCUT2D eigenvalue weighted by atomic mass is 9.99. The Hall–Kier alpha value is -3.06. The van der Waals surface area contributed by atoms with Crippen LogP contribution in [0.5, 0.6) is 5.75 Å². The third kappa shape index (κ3) is 4.17. The van der Waals surface area contributed by atoms with Crippen LogP contribution in [0, 0.1) is 17.2 Å². The van der Waals surface area contributed by atoms with Gasteiger partial charge in [-0.3, -0.25) is 9.36 Å². The molecule has 0 spiro atoms. The Morgan fingerprint density at radius 1 is 1.22 bits per heavy atom. The largest absolute Gasteiger partial charge is 0.496 e. The van der Waals surface area contributed by atoms with E-state index in [1.807, 2.05) is 6.07 Å². The van der Waals surface area contributed by atoms with Crippen molar-refractivity contribution in [2.75, 3.05) is 26.9 Å². The molecule has 0 fully saturated rings. The Morgan fingerprint density at radius 2 is 1.94 bits per heavy atom. The van der Waals surface area contributed by atoms with Gasteiger partial charge in [0.1, 0.15) is 11.4 Å². The number of benzene rings is 1. The Labute approximate surface area is 184 Å². The summed E-state index contributed by atoms with van der Waals surface area (Å²) in [6, 6.07) is 8.89. The molecule has 32 heavy (non-hydrogen) atoms. The molecule has 11 nitrogen and oxygen atoms in total. The molecule has 1 aromatic carbocycles. The van der Waals surface area contributed by atoms with E-state index in [0.717, 1.165) is 0 Å². The first-order valence-electron chi connectivity index (χ1n) is 10.1. The number of nitrogens with zero attached hydrogens (tertiary/aromatic N) is 5. The Morgan fingerprint density at radius 3 is 2.53 bits per heavy atom. The summed E-state index contributed by atoms with van der Waals surface area (Å²) in [5.41, 5.74) is -0.259. The molecule has 2 aromatic heterocycles. The monoisotopic (exact) mass is 461 g/mol. The second kappa shape index (κ2) is 10.0. The van der Waals surface area contributed by atoms with Crippen LogP contribution in [0.15, 0.2) is 24.3 Å². The van der Waals surface area contributed by atoms with Crippen LogP contribution in [0.3, 0.4) is 0 Å². The van der Waals surface area contributed by atoms with Crippen LogP contribution in [-0.2, 0) is 23.1 Å². The SMILES string of the molecule is CCOC(=O)C(C#N)C(c1cc2c(OC)cccc2n2nnnc12)P(=O)(OCC)OCC. The number of carbonyl (C=O) groups excluding carboxylic acids is 1. The van der Waals surface area contributed by atoms with E-state index in [2.05, 4.69) is 15.5 Å². The van der Waals surface area contributed by atoms with Crippen molar-refractivity contribution in [2.24, 2.45) is 5.92 Å². The van der Waals surface area contributed by atoms with Gasteiger partial charge in [0.05, 0.1) is 38.5 Å². The first kappa shape index (κ1) is 23.6. The molecule has 0 N–H and O–H groups in total. The molecule has 2 atom stereocenters. The van der Waals surface area contributed by atoms with Crippen molar-refractivity contribution < 1.29 is 27.9 Å². The highest BCUT2D eigenvalue weighted by atomic mass is 31.2. The van der Waals surface area contributed by atoms with Crippen LogP contribution >= 0.6 is 7.60 Å². The van der Waals surface area contributed by atoms with Gasteiger partial charge in [0.15, 0.2) is 11.6 Å². The van der Waals surface area contributed by atoms with E-state index in [4.69, 9.17) is 18.5 Å². The molecule has 170 valence electrons. The van der Waals surface area contributed by atoms with Crippen molar-refractivity contribution in [3.63, 3.8) is 0 Å². The van der Waals surface area contributed by atoms with E-state index in [-0.39, 0.29) is 31.0 Å². The fourth-order valence-electron chi connectivity index (χ4n) is 3.58. The summed E-state index contributed by atoms with van der Waals surface area (Å²) in [5.74, 6) is -1.83. The van der Waals surface area contributed by atoms with Gasteiger partial charge in [0.2, 0.25) is 0 Å². The molecule has 0 aliphatic heterocycles. The van der Waals surface area contributed by atoms with Crippen LogP contribution < -0.4 is 4.74 Å². The molecule has 2 heterocycles. The average Bonchev–Trinajstić information content (AvgIpc) is 3.27. The molecule has 3 rings (SSSR count). The highest BCUT2D eigenvalue weighted by Crippen LogP contribution is 2.64. The molecule has 0 saturated carbocycles. The molecule has 0 aliphatic carbocycles. The number of tetrazole rings is 1. The van der Waals surface area contributed by atoms with Crippen LogP contribution in [0.4, 0.5) is 0 Å². The number of methoxy groups -OCH3 is 1. The van der Waals surface area contributed by atoms with Crippen molar-refractivity contribution in [3.05, 3.63) is 29.8 Å². The Kier molecular flexibility index (Phi) is 7.40. The summed E-state index contributed by atoms with van der Waals surface area (Å²) in [6.45, 7) is 5.02. The first-order valence-corrected chi connectivity index (χ1v) is 11.7. The van der Waals surface area contributed by atoms with Crippen molar-refractivity contribution in [3.8, 4) is 11.8 Å². The molecule has 0 saturated heterocycles. The smallest absolute Gasteiger partial charge is 0.340 e. The highest BCUT2D eigenvalue weighted by Gasteiger charge is 2.48.